The molecule has 0 aliphatic heterocycles. The summed E-state index contributed by atoms with van der Waals surface area (Å²) in [7, 11) is 0. The van der Waals surface area contributed by atoms with Crippen molar-refractivity contribution in [2.24, 2.45) is 11.5 Å². The van der Waals surface area contributed by atoms with Crippen LogP contribution in [0.4, 0.5) is 0 Å². The van der Waals surface area contributed by atoms with Crippen LogP contribution in [0.5, 0.6) is 0 Å². The minimum absolute atomic E-state index is 0.0638. The van der Waals surface area contributed by atoms with Gasteiger partial charge in [0.05, 0.1) is 0 Å². The van der Waals surface area contributed by atoms with E-state index in [0.29, 0.717) is 5.03 Å². The molecular weight excluding hydrogens is 182 g/mol. The van der Waals surface area contributed by atoms with Crippen molar-refractivity contribution in [3.05, 3.63) is 41.1 Å². The molecule has 13 heavy (non-hydrogen) atoms. The van der Waals surface area contributed by atoms with Gasteiger partial charge < -0.3 is 11.5 Å². The number of hydrogen-bond donors (Lipinski definition) is 2. The molecule has 0 aliphatic carbocycles. The first-order valence-corrected chi connectivity index (χ1v) is 4.44. The molecule has 1 aromatic carbocycles. The van der Waals surface area contributed by atoms with E-state index in [1.165, 1.54) is 11.8 Å². The molecule has 4 N–H and O–H groups in total. The second kappa shape index (κ2) is 4.43. The molecule has 0 amide bonds. The van der Waals surface area contributed by atoms with Gasteiger partial charge in [-0.2, -0.15) is 5.26 Å². The van der Waals surface area contributed by atoms with Gasteiger partial charge in [-0.15, -0.1) is 0 Å². The smallest absolute Gasteiger partial charge is 0.141 e. The van der Waals surface area contributed by atoms with Gasteiger partial charge >= 0.3 is 0 Å². The van der Waals surface area contributed by atoms with E-state index in [2.05, 4.69) is 0 Å². The molecule has 66 valence electrons. The zero-order chi connectivity index (χ0) is 9.68. The summed E-state index contributed by atoms with van der Waals surface area (Å²) >= 11 is 1.29. The lowest BCUT2D eigenvalue weighted by Gasteiger charge is -2.00. The molecule has 0 unspecified atom stereocenters. The van der Waals surface area contributed by atoms with Crippen molar-refractivity contribution >= 4 is 11.8 Å². The van der Waals surface area contributed by atoms with Crippen LogP contribution in [0.3, 0.4) is 0 Å². The SMILES string of the molecule is N#CC(N)=C(N)Sc1ccccc1. The Labute approximate surface area is 81.0 Å². The molecule has 0 saturated carbocycles. The predicted molar refractivity (Wildman–Crippen MR) is 53.3 cm³/mol. The molecule has 0 bridgehead atoms. The van der Waals surface area contributed by atoms with Gasteiger partial charge in [0.15, 0.2) is 0 Å². The highest BCUT2D eigenvalue weighted by Gasteiger charge is 1.99. The molecule has 1 rings (SSSR count). The fourth-order valence-electron chi connectivity index (χ4n) is 0.726. The Morgan fingerprint density at radius 1 is 1.23 bits per heavy atom. The summed E-state index contributed by atoms with van der Waals surface area (Å²) in [6, 6.07) is 11.3. The number of hydrogen-bond acceptors (Lipinski definition) is 4. The van der Waals surface area contributed by atoms with Crippen molar-refractivity contribution in [3.8, 4) is 6.07 Å². The van der Waals surface area contributed by atoms with E-state index in [0.717, 1.165) is 4.90 Å². The van der Waals surface area contributed by atoms with Crippen LogP contribution in [0.25, 0.3) is 0 Å². The number of nitrogens with zero attached hydrogens (tertiary/aromatic N) is 1. The van der Waals surface area contributed by atoms with Gasteiger partial charge in [-0.1, -0.05) is 30.0 Å². The molecule has 0 heterocycles. The van der Waals surface area contributed by atoms with Crippen molar-refractivity contribution in [2.45, 2.75) is 4.90 Å². The third-order valence-electron chi connectivity index (χ3n) is 1.36. The molecule has 0 atom stereocenters. The number of allylic oxidation sites excluding steroid dienone is 1. The first kappa shape index (κ1) is 9.49. The molecule has 0 fully saturated rings. The number of nitrogens with two attached hydrogens (primary N) is 2. The van der Waals surface area contributed by atoms with Crippen LogP contribution < -0.4 is 11.5 Å². The highest BCUT2D eigenvalue weighted by Crippen LogP contribution is 2.23. The van der Waals surface area contributed by atoms with E-state index in [4.69, 9.17) is 16.7 Å². The first-order chi connectivity index (χ1) is 6.24. The van der Waals surface area contributed by atoms with E-state index < -0.39 is 0 Å². The molecule has 0 radical (unpaired) electrons. The van der Waals surface area contributed by atoms with E-state index in [9.17, 15) is 0 Å². The quantitative estimate of drug-likeness (QED) is 0.547. The number of thioether (sulfide) groups is 1. The van der Waals surface area contributed by atoms with Crippen LogP contribution >= 0.6 is 11.8 Å². The molecule has 3 nitrogen and oxygen atoms in total. The van der Waals surface area contributed by atoms with Gasteiger partial charge in [-0.05, 0) is 12.1 Å². The maximum atomic E-state index is 8.46. The lowest BCUT2D eigenvalue weighted by Crippen LogP contribution is -2.04. The maximum absolute atomic E-state index is 8.46. The Hall–Kier alpha value is -1.60. The van der Waals surface area contributed by atoms with Gasteiger partial charge in [0.1, 0.15) is 16.8 Å². The minimum Gasteiger partial charge on any atom is -0.391 e. The second-order valence-corrected chi connectivity index (χ2v) is 3.42. The molecule has 1 aromatic rings. The number of nitriles is 1. The third kappa shape index (κ3) is 2.73. The van der Waals surface area contributed by atoms with Gasteiger partial charge in [0, 0.05) is 4.90 Å². The Morgan fingerprint density at radius 2 is 1.85 bits per heavy atom. The zero-order valence-electron chi connectivity index (χ0n) is 6.90. The van der Waals surface area contributed by atoms with Crippen molar-refractivity contribution in [2.75, 3.05) is 0 Å². The Bertz CT molecular complexity index is 351. The summed E-state index contributed by atoms with van der Waals surface area (Å²) in [5.41, 5.74) is 11.0. The highest BCUT2D eigenvalue weighted by molar-refractivity contribution is 8.03. The van der Waals surface area contributed by atoms with Crippen molar-refractivity contribution in [1.29, 1.82) is 5.26 Å². The maximum Gasteiger partial charge on any atom is 0.141 e. The molecule has 0 aromatic heterocycles. The van der Waals surface area contributed by atoms with Crippen molar-refractivity contribution < 1.29 is 0 Å². The van der Waals surface area contributed by atoms with Gasteiger partial charge in [-0.25, -0.2) is 0 Å². The molecule has 4 heteroatoms. The van der Waals surface area contributed by atoms with Crippen molar-refractivity contribution in [3.63, 3.8) is 0 Å². The lowest BCUT2D eigenvalue weighted by atomic mass is 10.4. The van der Waals surface area contributed by atoms with Crippen LogP contribution in [0.1, 0.15) is 0 Å². The normalized spacial score (nSPS) is 11.6. The van der Waals surface area contributed by atoms with E-state index in [1.807, 2.05) is 30.3 Å². The third-order valence-corrected chi connectivity index (χ3v) is 2.30. The van der Waals surface area contributed by atoms with Gasteiger partial charge in [0.2, 0.25) is 0 Å². The summed E-state index contributed by atoms with van der Waals surface area (Å²) in [6.45, 7) is 0. The van der Waals surface area contributed by atoms with Crippen LogP contribution in [0.2, 0.25) is 0 Å². The van der Waals surface area contributed by atoms with Crippen LogP contribution in [0.15, 0.2) is 46.0 Å². The molecular formula is C9H9N3S. The largest absolute Gasteiger partial charge is 0.391 e. The first-order valence-electron chi connectivity index (χ1n) is 3.62. The van der Waals surface area contributed by atoms with Gasteiger partial charge in [0.25, 0.3) is 0 Å². The minimum atomic E-state index is 0.0638. The van der Waals surface area contributed by atoms with E-state index in [1.54, 1.807) is 6.07 Å². The summed E-state index contributed by atoms with van der Waals surface area (Å²) in [6.07, 6.45) is 0. The monoisotopic (exact) mass is 191 g/mol. The van der Waals surface area contributed by atoms with Crippen molar-refractivity contribution in [1.82, 2.24) is 0 Å². The van der Waals surface area contributed by atoms with Crippen LogP contribution in [0, 0.1) is 11.3 Å². The predicted octanol–water partition coefficient (Wildman–Crippen LogP) is 1.39. The van der Waals surface area contributed by atoms with E-state index in [-0.39, 0.29) is 5.70 Å². The molecule has 0 saturated heterocycles. The summed E-state index contributed by atoms with van der Waals surface area (Å²) < 4.78 is 0. The molecule has 0 aliphatic rings. The Morgan fingerprint density at radius 3 is 2.38 bits per heavy atom. The fraction of sp³-hybridized carbons (Fsp3) is 0. The topological polar surface area (TPSA) is 75.8 Å². The van der Waals surface area contributed by atoms with Gasteiger partial charge in [-0.3, -0.25) is 0 Å². The summed E-state index contributed by atoms with van der Waals surface area (Å²) in [4.78, 5) is 0.971. The molecule has 0 spiro atoms. The summed E-state index contributed by atoms with van der Waals surface area (Å²) in [5.74, 6) is 0. The Balaban J connectivity index is 2.78. The van der Waals surface area contributed by atoms with Crippen LogP contribution in [-0.4, -0.2) is 0 Å². The standard InChI is InChI=1S/C9H9N3S/c10-6-8(11)9(12)13-7-4-2-1-3-5-7/h1-5H,11-12H2. The van der Waals surface area contributed by atoms with E-state index >= 15 is 0 Å². The number of rotatable bonds is 2. The van der Waals surface area contributed by atoms with Crippen LogP contribution in [-0.2, 0) is 0 Å². The highest BCUT2D eigenvalue weighted by atomic mass is 32.2. The summed E-state index contributed by atoms with van der Waals surface area (Å²) in [5, 5.41) is 8.80. The Kier molecular flexibility index (Phi) is 3.23. The average Bonchev–Trinajstić information content (AvgIpc) is 2.18. The average molecular weight is 191 g/mol. The number of benzene rings is 1. The second-order valence-electron chi connectivity index (χ2n) is 2.30. The zero-order valence-corrected chi connectivity index (χ0v) is 7.71. The fourth-order valence-corrected chi connectivity index (χ4v) is 1.43. The lowest BCUT2D eigenvalue weighted by molar-refractivity contribution is 1.32.